The van der Waals surface area contributed by atoms with E-state index in [0.717, 1.165) is 122 Å². The van der Waals surface area contributed by atoms with Gasteiger partial charge in [0.2, 0.25) is 0 Å². The average Bonchev–Trinajstić information content (AvgIpc) is 3.53. The molecular weight excluding hydrogens is 1020 g/mol. The lowest BCUT2D eigenvalue weighted by Gasteiger charge is -2.40. The zero-order valence-corrected chi connectivity index (χ0v) is 50.5. The van der Waals surface area contributed by atoms with Gasteiger partial charge in [-0.1, -0.05) is 219 Å². The van der Waals surface area contributed by atoms with Gasteiger partial charge >= 0.3 is 23.9 Å². The molecule has 6 unspecified atom stereocenters. The van der Waals surface area contributed by atoms with Crippen molar-refractivity contribution in [2.45, 2.75) is 276 Å². The molecule has 0 aromatic rings. The molecule has 6 atom stereocenters. The number of carboxylic acids is 1. The first-order chi connectivity index (χ1) is 39.6. The first kappa shape index (κ1) is 74.1. The van der Waals surface area contributed by atoms with Gasteiger partial charge in [0.1, 0.15) is 18.8 Å². The van der Waals surface area contributed by atoms with Crippen molar-refractivity contribution in [3.8, 4) is 0 Å². The van der Waals surface area contributed by atoms with Crippen LogP contribution < -0.4 is 0 Å². The van der Waals surface area contributed by atoms with Gasteiger partial charge in [0.05, 0.1) is 6.61 Å². The molecule has 12 heteroatoms. The Morgan fingerprint density at radius 2 is 0.790 bits per heavy atom. The summed E-state index contributed by atoms with van der Waals surface area (Å²) in [7, 11) is 0. The first-order valence-electron chi connectivity index (χ1n) is 31.5. The Bertz CT molecular complexity index is 1870. The zero-order chi connectivity index (χ0) is 58.9. The fourth-order valence-corrected chi connectivity index (χ4v) is 8.74. The van der Waals surface area contributed by atoms with Gasteiger partial charge in [-0.25, -0.2) is 4.79 Å². The molecule has 1 fully saturated rings. The number of ether oxygens (including phenoxy) is 5. The molecular formula is C69H110O12. The van der Waals surface area contributed by atoms with Crippen molar-refractivity contribution in [1.29, 1.82) is 0 Å². The molecule has 1 aliphatic rings. The fourth-order valence-electron chi connectivity index (χ4n) is 8.74. The van der Waals surface area contributed by atoms with E-state index in [1.807, 2.05) is 6.08 Å². The Balaban J connectivity index is 2.71. The number of hydrogen-bond acceptors (Lipinski definition) is 11. The molecule has 1 rings (SSSR count). The Morgan fingerprint density at radius 1 is 0.420 bits per heavy atom. The van der Waals surface area contributed by atoms with Gasteiger partial charge < -0.3 is 39.0 Å². The number of carbonyl (C=O) groups is 4. The lowest BCUT2D eigenvalue weighted by atomic mass is 9.98. The van der Waals surface area contributed by atoms with Gasteiger partial charge in [0.25, 0.3) is 0 Å². The van der Waals surface area contributed by atoms with Gasteiger partial charge in [-0.3, -0.25) is 14.4 Å². The highest BCUT2D eigenvalue weighted by atomic mass is 16.7. The minimum absolute atomic E-state index is 0.0420. The Kier molecular flexibility index (Phi) is 50.9. The second-order valence-electron chi connectivity index (χ2n) is 20.9. The standard InChI is InChI=1S/C69H110O12/c1-4-7-10-13-16-19-22-25-28-30-31-33-36-39-42-45-48-51-54-57-63(72)80-67-65(74)64(73)66(68(75)76)81-69(67)78-59-60(79-62(71)56-53-50-47-44-41-38-34-27-24-21-18-15-12-9-6-3)58-77-61(70)55-52-49-46-43-40-37-35-32-29-26-23-20-17-14-11-8-5-2/h8-9,11-12,16-21,25-29,34-35,37,43,46,60,64-67,69,73-74H,4-7,10,13-15,22-24,30-33,36,38-42,44-45,47-59H2,1-3H3,(H,75,76)/b11-8-,12-9-,19-16-,20-17-,21-18-,28-25-,29-26-,34-27-,37-35-,46-43-. The number of hydrogen-bond donors (Lipinski definition) is 3. The summed E-state index contributed by atoms with van der Waals surface area (Å²) in [6, 6.07) is 0. The van der Waals surface area contributed by atoms with E-state index in [1.54, 1.807) is 0 Å². The van der Waals surface area contributed by atoms with Crippen LogP contribution >= 0.6 is 0 Å². The lowest BCUT2D eigenvalue weighted by Crippen LogP contribution is -2.61. The third kappa shape index (κ3) is 45.3. The topological polar surface area (TPSA) is 175 Å². The lowest BCUT2D eigenvalue weighted by molar-refractivity contribution is -0.301. The third-order valence-corrected chi connectivity index (χ3v) is 13.5. The van der Waals surface area contributed by atoms with Crippen molar-refractivity contribution in [1.82, 2.24) is 0 Å². The molecule has 12 nitrogen and oxygen atoms in total. The molecule has 1 heterocycles. The van der Waals surface area contributed by atoms with E-state index in [2.05, 4.69) is 136 Å². The van der Waals surface area contributed by atoms with Crippen LogP contribution in [0.15, 0.2) is 122 Å². The quantitative estimate of drug-likeness (QED) is 0.0228. The van der Waals surface area contributed by atoms with Crippen LogP contribution in [0.2, 0.25) is 0 Å². The van der Waals surface area contributed by atoms with E-state index in [9.17, 15) is 34.5 Å². The van der Waals surface area contributed by atoms with Crippen LogP contribution in [0, 0.1) is 0 Å². The number of rotatable bonds is 52. The Morgan fingerprint density at radius 3 is 1.22 bits per heavy atom. The molecule has 0 amide bonds. The predicted molar refractivity (Wildman–Crippen MR) is 330 cm³/mol. The molecule has 3 N–H and O–H groups in total. The summed E-state index contributed by atoms with van der Waals surface area (Å²) in [6.07, 6.45) is 64.5. The molecule has 0 aromatic heterocycles. The number of aliphatic hydroxyl groups excluding tert-OH is 2. The van der Waals surface area contributed by atoms with E-state index < -0.39 is 67.3 Å². The van der Waals surface area contributed by atoms with Gasteiger partial charge in [0, 0.05) is 19.3 Å². The van der Waals surface area contributed by atoms with Crippen molar-refractivity contribution in [2.24, 2.45) is 0 Å². The Labute approximate surface area is 490 Å². The number of esters is 3. The van der Waals surface area contributed by atoms with Gasteiger partial charge in [-0.05, 0) is 122 Å². The molecule has 0 aromatic carbocycles. The summed E-state index contributed by atoms with van der Waals surface area (Å²) in [5.74, 6) is -3.24. The third-order valence-electron chi connectivity index (χ3n) is 13.5. The summed E-state index contributed by atoms with van der Waals surface area (Å²) in [6.45, 7) is 5.68. The van der Waals surface area contributed by atoms with Crippen molar-refractivity contribution in [3.05, 3.63) is 122 Å². The molecule has 0 spiro atoms. The maximum Gasteiger partial charge on any atom is 0.335 e. The summed E-state index contributed by atoms with van der Waals surface area (Å²) < 4.78 is 28.4. The SMILES string of the molecule is CC/C=C\C/C=C\C/C=C\C/C=C\C/C=C\CCCC(=O)OCC(COC1OC(C(=O)O)C(O)C(O)C1OC(=O)CCCCCCCCCCC/C=C\C/C=C\CCCCC)OC(=O)CCCCCCC/C=C\C/C=C\C/C=C\CC. The largest absolute Gasteiger partial charge is 0.479 e. The van der Waals surface area contributed by atoms with Crippen molar-refractivity contribution in [3.63, 3.8) is 0 Å². The molecule has 0 aliphatic carbocycles. The maximum atomic E-state index is 13.2. The summed E-state index contributed by atoms with van der Waals surface area (Å²) in [4.78, 5) is 51.3. The first-order valence-corrected chi connectivity index (χ1v) is 31.5. The minimum atomic E-state index is -1.92. The smallest absolute Gasteiger partial charge is 0.335 e. The van der Waals surface area contributed by atoms with Crippen LogP contribution in [0.3, 0.4) is 0 Å². The van der Waals surface area contributed by atoms with Crippen molar-refractivity contribution < 1.29 is 58.2 Å². The van der Waals surface area contributed by atoms with Crippen LogP contribution in [0.25, 0.3) is 0 Å². The molecule has 1 saturated heterocycles. The maximum absolute atomic E-state index is 13.2. The van der Waals surface area contributed by atoms with E-state index in [-0.39, 0.29) is 25.9 Å². The minimum Gasteiger partial charge on any atom is -0.479 e. The normalized spacial score (nSPS) is 18.6. The molecule has 0 saturated carbocycles. The predicted octanol–water partition coefficient (Wildman–Crippen LogP) is 16.8. The summed E-state index contributed by atoms with van der Waals surface area (Å²) >= 11 is 0. The van der Waals surface area contributed by atoms with Crippen LogP contribution in [-0.4, -0.2) is 89.2 Å². The van der Waals surface area contributed by atoms with Gasteiger partial charge in [-0.15, -0.1) is 0 Å². The highest BCUT2D eigenvalue weighted by Gasteiger charge is 2.50. The van der Waals surface area contributed by atoms with Crippen molar-refractivity contribution >= 4 is 23.9 Å². The van der Waals surface area contributed by atoms with E-state index >= 15 is 0 Å². The van der Waals surface area contributed by atoms with Crippen LogP contribution in [0.4, 0.5) is 0 Å². The molecule has 0 radical (unpaired) electrons. The van der Waals surface area contributed by atoms with E-state index in [4.69, 9.17) is 23.7 Å². The van der Waals surface area contributed by atoms with Gasteiger partial charge in [-0.2, -0.15) is 0 Å². The zero-order valence-electron chi connectivity index (χ0n) is 50.5. The highest BCUT2D eigenvalue weighted by molar-refractivity contribution is 5.74. The summed E-state index contributed by atoms with van der Waals surface area (Å²) in [5.41, 5.74) is 0. The second-order valence-corrected chi connectivity index (χ2v) is 20.9. The Hall–Kier alpha value is -4.88. The average molecular weight is 1130 g/mol. The molecule has 0 bridgehead atoms. The molecule has 458 valence electrons. The van der Waals surface area contributed by atoms with Crippen molar-refractivity contribution in [2.75, 3.05) is 13.2 Å². The number of aliphatic carboxylic acids is 1. The van der Waals surface area contributed by atoms with Crippen LogP contribution in [0.5, 0.6) is 0 Å². The van der Waals surface area contributed by atoms with Gasteiger partial charge in [0.15, 0.2) is 24.6 Å². The number of carbonyl (C=O) groups excluding carboxylic acids is 3. The highest BCUT2D eigenvalue weighted by Crippen LogP contribution is 2.26. The fraction of sp³-hybridized carbons (Fsp3) is 0.652. The molecule has 81 heavy (non-hydrogen) atoms. The number of allylic oxidation sites excluding steroid dienone is 20. The monoisotopic (exact) mass is 1130 g/mol. The summed E-state index contributed by atoms with van der Waals surface area (Å²) in [5, 5.41) is 31.6. The van der Waals surface area contributed by atoms with Crippen LogP contribution in [0.1, 0.15) is 239 Å². The second kappa shape index (κ2) is 55.6. The van der Waals surface area contributed by atoms with E-state index in [1.165, 1.54) is 51.4 Å². The van der Waals surface area contributed by atoms with E-state index in [0.29, 0.717) is 25.7 Å². The number of aliphatic hydroxyl groups is 2. The van der Waals surface area contributed by atoms with Crippen LogP contribution in [-0.2, 0) is 42.9 Å². The number of carboxylic acid groups (broad SMARTS) is 1. The molecule has 1 aliphatic heterocycles. The number of unbranched alkanes of at least 4 members (excludes halogenated alkanes) is 18.